The van der Waals surface area contributed by atoms with Gasteiger partial charge in [0, 0.05) is 29.4 Å². The SMILES string of the molecule is Sc1ccc(C2(c3ccc(S)c(S)c3S)C=CC=C3C=c4c(c5ccccc5c5ccccc45)=C32)c(S)c1S. The van der Waals surface area contributed by atoms with Gasteiger partial charge in [-0.1, -0.05) is 78.9 Å². The molecule has 0 aromatic heterocycles. The van der Waals surface area contributed by atoms with Crippen molar-refractivity contribution in [2.45, 2.75) is 34.8 Å². The van der Waals surface area contributed by atoms with E-state index in [9.17, 15) is 0 Å². The molecular formula is C33H22S6. The number of rotatable bonds is 2. The molecule has 0 spiro atoms. The minimum absolute atomic E-state index is 0.719. The molecule has 0 bridgehead atoms. The summed E-state index contributed by atoms with van der Waals surface area (Å²) in [4.78, 5) is 4.62. The molecule has 6 heteroatoms. The molecule has 0 saturated heterocycles. The van der Waals surface area contributed by atoms with Crippen LogP contribution >= 0.6 is 75.8 Å². The Morgan fingerprint density at radius 2 is 1.03 bits per heavy atom. The van der Waals surface area contributed by atoms with Crippen LogP contribution in [0.4, 0.5) is 0 Å². The van der Waals surface area contributed by atoms with Gasteiger partial charge in [0.15, 0.2) is 0 Å². The number of fused-ring (bicyclic) bond motifs is 7. The maximum Gasteiger partial charge on any atom is 0.0669 e. The topological polar surface area (TPSA) is 0 Å². The minimum Gasteiger partial charge on any atom is -0.142 e. The van der Waals surface area contributed by atoms with E-state index in [1.165, 1.54) is 43.1 Å². The number of thiol groups is 6. The van der Waals surface area contributed by atoms with E-state index in [1.54, 1.807) is 0 Å². The second kappa shape index (κ2) is 9.51. The Balaban J connectivity index is 1.78. The van der Waals surface area contributed by atoms with Gasteiger partial charge in [0.05, 0.1) is 5.41 Å². The smallest absolute Gasteiger partial charge is 0.0669 e. The molecule has 2 aliphatic rings. The van der Waals surface area contributed by atoms with Crippen LogP contribution in [0.5, 0.6) is 0 Å². The lowest BCUT2D eigenvalue weighted by Gasteiger charge is -2.39. The zero-order valence-electron chi connectivity index (χ0n) is 20.4. The predicted molar refractivity (Wildman–Crippen MR) is 183 cm³/mol. The van der Waals surface area contributed by atoms with E-state index in [-0.39, 0.29) is 0 Å². The van der Waals surface area contributed by atoms with Gasteiger partial charge in [0.1, 0.15) is 0 Å². The lowest BCUT2D eigenvalue weighted by atomic mass is 9.65. The third-order valence-electron chi connectivity index (χ3n) is 7.94. The zero-order valence-corrected chi connectivity index (χ0v) is 25.8. The summed E-state index contributed by atoms with van der Waals surface area (Å²) < 4.78 is 0. The maximum absolute atomic E-state index is 5.05. The van der Waals surface area contributed by atoms with E-state index in [2.05, 4.69) is 110 Å². The van der Waals surface area contributed by atoms with E-state index in [4.69, 9.17) is 50.5 Å². The standard InChI is InChI=1S/C33H22S6/c34-25-13-11-23(29(36)31(25)38)33(24-12-14-26(35)32(39)30(24)37)15-5-6-17-16-22-20-9-2-1-7-18(20)19-8-3-4-10-21(19)27(22)28(17)33/h1-16,34-39H. The number of hydrogen-bond acceptors (Lipinski definition) is 6. The highest BCUT2D eigenvalue weighted by atomic mass is 32.1. The van der Waals surface area contributed by atoms with E-state index >= 15 is 0 Å². The molecule has 0 nitrogen and oxygen atoms in total. The molecule has 0 N–H and O–H groups in total. The van der Waals surface area contributed by atoms with Crippen molar-refractivity contribution >= 4 is 109 Å². The first kappa shape index (κ1) is 25.9. The molecule has 0 aliphatic heterocycles. The van der Waals surface area contributed by atoms with Gasteiger partial charge < -0.3 is 0 Å². The minimum atomic E-state index is -0.719. The van der Waals surface area contributed by atoms with E-state index in [0.717, 1.165) is 40.5 Å². The summed E-state index contributed by atoms with van der Waals surface area (Å²) in [6.07, 6.45) is 8.94. The number of hydrogen-bond donors (Lipinski definition) is 6. The van der Waals surface area contributed by atoms with Crippen LogP contribution < -0.4 is 10.4 Å². The highest BCUT2D eigenvalue weighted by molar-refractivity contribution is 7.85. The first-order valence-corrected chi connectivity index (χ1v) is 15.1. The monoisotopic (exact) mass is 610 g/mol. The molecule has 190 valence electrons. The summed E-state index contributed by atoms with van der Waals surface area (Å²) in [5.41, 5.74) is 3.67. The molecule has 0 amide bonds. The maximum atomic E-state index is 5.05. The third-order valence-corrected chi connectivity index (χ3v) is 11.2. The van der Waals surface area contributed by atoms with Gasteiger partial charge in [0.2, 0.25) is 0 Å². The van der Waals surface area contributed by atoms with Crippen LogP contribution in [0.15, 0.2) is 126 Å². The van der Waals surface area contributed by atoms with Crippen molar-refractivity contribution in [3.05, 3.63) is 118 Å². The second-order valence-corrected chi connectivity index (χ2v) is 12.6. The average molecular weight is 611 g/mol. The third kappa shape index (κ3) is 3.62. The Morgan fingerprint density at radius 1 is 0.513 bits per heavy atom. The highest BCUT2D eigenvalue weighted by Gasteiger charge is 2.43. The molecule has 0 heterocycles. The Hall–Kier alpha value is -2.06. The highest BCUT2D eigenvalue weighted by Crippen LogP contribution is 2.53. The first-order chi connectivity index (χ1) is 18.8. The normalized spacial score (nSPS) is 15.3. The molecular weight excluding hydrogens is 589 g/mol. The summed E-state index contributed by atoms with van der Waals surface area (Å²) >= 11 is 29.0. The molecule has 0 atom stereocenters. The number of allylic oxidation sites excluding steroid dienone is 4. The van der Waals surface area contributed by atoms with E-state index in [1.807, 2.05) is 12.1 Å². The van der Waals surface area contributed by atoms with Gasteiger partial charge in [-0.3, -0.25) is 0 Å². The van der Waals surface area contributed by atoms with Gasteiger partial charge in [-0.25, -0.2) is 0 Å². The fourth-order valence-corrected chi connectivity index (χ4v) is 7.95. The molecule has 0 unspecified atom stereocenters. The van der Waals surface area contributed by atoms with Crippen LogP contribution in [-0.2, 0) is 5.41 Å². The number of benzene rings is 5. The van der Waals surface area contributed by atoms with Crippen LogP contribution in [0.2, 0.25) is 0 Å². The van der Waals surface area contributed by atoms with Gasteiger partial charge in [0.25, 0.3) is 0 Å². The van der Waals surface area contributed by atoms with Crippen molar-refractivity contribution in [3.63, 3.8) is 0 Å². The molecule has 5 aromatic rings. The van der Waals surface area contributed by atoms with Crippen LogP contribution in [0.25, 0.3) is 33.2 Å². The van der Waals surface area contributed by atoms with Crippen molar-refractivity contribution in [2.24, 2.45) is 0 Å². The Kier molecular flexibility index (Phi) is 6.31. The summed E-state index contributed by atoms with van der Waals surface area (Å²) in [5, 5.41) is 7.40. The zero-order chi connectivity index (χ0) is 27.1. The fraction of sp³-hybridized carbons (Fsp3) is 0.0303. The quantitative estimate of drug-likeness (QED) is 0.0844. The molecule has 5 aromatic carbocycles. The van der Waals surface area contributed by atoms with E-state index < -0.39 is 5.41 Å². The molecule has 0 radical (unpaired) electrons. The Morgan fingerprint density at radius 3 is 1.62 bits per heavy atom. The second-order valence-electron chi connectivity index (χ2n) is 9.85. The largest absolute Gasteiger partial charge is 0.142 e. The summed E-state index contributed by atoms with van der Waals surface area (Å²) in [5.74, 6) is 0. The van der Waals surface area contributed by atoms with Gasteiger partial charge in [-0.2, -0.15) is 0 Å². The van der Waals surface area contributed by atoms with Crippen molar-refractivity contribution < 1.29 is 0 Å². The first-order valence-electron chi connectivity index (χ1n) is 12.4. The van der Waals surface area contributed by atoms with E-state index in [0.29, 0.717) is 0 Å². The van der Waals surface area contributed by atoms with Crippen molar-refractivity contribution in [3.8, 4) is 0 Å². The van der Waals surface area contributed by atoms with Crippen molar-refractivity contribution in [2.75, 3.05) is 0 Å². The van der Waals surface area contributed by atoms with Crippen LogP contribution in [0.1, 0.15) is 11.1 Å². The lowest BCUT2D eigenvalue weighted by Crippen LogP contribution is -2.36. The average Bonchev–Trinajstić information content (AvgIpc) is 3.36. The van der Waals surface area contributed by atoms with Crippen LogP contribution in [0, 0.1) is 0 Å². The fourth-order valence-electron chi connectivity index (χ4n) is 6.26. The van der Waals surface area contributed by atoms with Crippen LogP contribution in [0.3, 0.4) is 0 Å². The summed E-state index contributed by atoms with van der Waals surface area (Å²) in [6.45, 7) is 0. The summed E-state index contributed by atoms with van der Waals surface area (Å²) in [7, 11) is 0. The molecule has 0 saturated carbocycles. The Labute approximate surface area is 260 Å². The lowest BCUT2D eigenvalue weighted by molar-refractivity contribution is 0.762. The molecule has 2 aliphatic carbocycles. The van der Waals surface area contributed by atoms with Gasteiger partial charge in [-0.05, 0) is 72.5 Å². The van der Waals surface area contributed by atoms with Crippen molar-refractivity contribution in [1.29, 1.82) is 0 Å². The van der Waals surface area contributed by atoms with Gasteiger partial charge >= 0.3 is 0 Å². The van der Waals surface area contributed by atoms with Crippen molar-refractivity contribution in [1.82, 2.24) is 0 Å². The molecule has 39 heavy (non-hydrogen) atoms. The Bertz CT molecular complexity index is 2030. The molecule has 0 fully saturated rings. The van der Waals surface area contributed by atoms with Crippen LogP contribution in [-0.4, -0.2) is 0 Å². The summed E-state index contributed by atoms with van der Waals surface area (Å²) in [6, 6.07) is 25.6. The molecule has 7 rings (SSSR count). The van der Waals surface area contributed by atoms with Gasteiger partial charge in [-0.15, -0.1) is 75.8 Å². The predicted octanol–water partition coefficient (Wildman–Crippen LogP) is 8.15.